The Balaban J connectivity index is 2.47. The lowest BCUT2D eigenvalue weighted by Gasteiger charge is -2.10. The molecule has 0 saturated carbocycles. The largest absolute Gasteiger partial charge is 0.466 e. The third kappa shape index (κ3) is 2.05. The highest BCUT2D eigenvalue weighted by atomic mass is 16.5. The zero-order valence-electron chi connectivity index (χ0n) is 10.4. The molecule has 0 bridgehead atoms. The molecule has 0 aliphatic rings. The van der Waals surface area contributed by atoms with E-state index in [1.807, 2.05) is 45.0 Å². The highest BCUT2D eigenvalue weighted by molar-refractivity contribution is 5.90. The third-order valence-electron chi connectivity index (χ3n) is 3.02. The molecule has 0 spiro atoms. The Morgan fingerprint density at radius 2 is 2.12 bits per heavy atom. The summed E-state index contributed by atoms with van der Waals surface area (Å²) in [5.74, 6) is -0.397. The average molecular weight is 231 g/mol. The second-order valence-corrected chi connectivity index (χ2v) is 4.18. The molecule has 1 N–H and O–H groups in total. The maximum Gasteiger partial charge on any atom is 0.313 e. The molecule has 1 aromatic heterocycles. The van der Waals surface area contributed by atoms with Gasteiger partial charge in [-0.2, -0.15) is 0 Å². The topological polar surface area (TPSA) is 42.1 Å². The molecule has 3 heteroatoms. The number of hydrogen-bond acceptors (Lipinski definition) is 2. The van der Waals surface area contributed by atoms with Crippen LogP contribution in [0.3, 0.4) is 0 Å². The van der Waals surface area contributed by atoms with Crippen molar-refractivity contribution in [3.63, 3.8) is 0 Å². The summed E-state index contributed by atoms with van der Waals surface area (Å²) in [6.07, 6.45) is 0. The van der Waals surface area contributed by atoms with Crippen molar-refractivity contribution >= 4 is 16.9 Å². The van der Waals surface area contributed by atoms with Gasteiger partial charge in [0.15, 0.2) is 0 Å². The maximum atomic E-state index is 11.8. The molecule has 0 saturated heterocycles. The minimum absolute atomic E-state index is 0.166. The third-order valence-corrected chi connectivity index (χ3v) is 3.02. The van der Waals surface area contributed by atoms with Gasteiger partial charge in [0.1, 0.15) is 0 Å². The lowest BCUT2D eigenvalue weighted by molar-refractivity contribution is -0.144. The van der Waals surface area contributed by atoms with E-state index in [0.717, 1.165) is 22.2 Å². The van der Waals surface area contributed by atoms with Gasteiger partial charge >= 0.3 is 5.97 Å². The van der Waals surface area contributed by atoms with E-state index < -0.39 is 0 Å². The van der Waals surface area contributed by atoms with Gasteiger partial charge in [-0.15, -0.1) is 0 Å². The van der Waals surface area contributed by atoms with Crippen molar-refractivity contribution < 1.29 is 9.53 Å². The molecule has 0 fully saturated rings. The number of carbonyl (C=O) groups excluding carboxylic acids is 1. The zero-order valence-corrected chi connectivity index (χ0v) is 10.4. The van der Waals surface area contributed by atoms with Crippen LogP contribution in [0.5, 0.6) is 0 Å². The Morgan fingerprint density at radius 3 is 2.82 bits per heavy atom. The normalized spacial score (nSPS) is 12.6. The zero-order chi connectivity index (χ0) is 12.4. The highest BCUT2D eigenvalue weighted by Crippen LogP contribution is 2.29. The smallest absolute Gasteiger partial charge is 0.313 e. The van der Waals surface area contributed by atoms with Gasteiger partial charge in [0, 0.05) is 16.6 Å². The van der Waals surface area contributed by atoms with Crippen molar-refractivity contribution in [2.75, 3.05) is 6.61 Å². The van der Waals surface area contributed by atoms with Crippen LogP contribution in [-0.2, 0) is 9.53 Å². The van der Waals surface area contributed by atoms with E-state index in [0.29, 0.717) is 6.61 Å². The molecule has 0 amide bonds. The Bertz CT molecular complexity index is 542. The SMILES string of the molecule is CCOC(=O)C(C)c1c(C)[nH]c2ccccc12. The highest BCUT2D eigenvalue weighted by Gasteiger charge is 2.22. The van der Waals surface area contributed by atoms with Gasteiger partial charge in [-0.25, -0.2) is 0 Å². The van der Waals surface area contributed by atoms with E-state index in [1.165, 1.54) is 0 Å². The lowest BCUT2D eigenvalue weighted by atomic mass is 9.98. The first-order valence-corrected chi connectivity index (χ1v) is 5.89. The first-order chi connectivity index (χ1) is 8.15. The molecule has 0 aliphatic heterocycles. The van der Waals surface area contributed by atoms with Crippen LogP contribution in [0, 0.1) is 6.92 Å². The molecule has 17 heavy (non-hydrogen) atoms. The van der Waals surface area contributed by atoms with Crippen molar-refractivity contribution in [1.82, 2.24) is 4.98 Å². The number of para-hydroxylation sites is 1. The number of aromatic nitrogens is 1. The van der Waals surface area contributed by atoms with Crippen LogP contribution in [0.25, 0.3) is 10.9 Å². The van der Waals surface area contributed by atoms with Crippen LogP contribution in [-0.4, -0.2) is 17.6 Å². The summed E-state index contributed by atoms with van der Waals surface area (Å²) < 4.78 is 5.08. The first-order valence-electron chi connectivity index (χ1n) is 5.89. The Labute approximate surface area is 101 Å². The molecule has 0 aliphatic carbocycles. The summed E-state index contributed by atoms with van der Waals surface area (Å²) in [4.78, 5) is 15.1. The van der Waals surface area contributed by atoms with E-state index in [2.05, 4.69) is 4.98 Å². The molecule has 2 rings (SSSR count). The van der Waals surface area contributed by atoms with Gasteiger partial charge in [0.25, 0.3) is 0 Å². The number of nitrogens with one attached hydrogen (secondary N) is 1. The molecule has 0 radical (unpaired) electrons. The number of hydrogen-bond donors (Lipinski definition) is 1. The van der Waals surface area contributed by atoms with Gasteiger partial charge in [-0.05, 0) is 32.4 Å². The second kappa shape index (κ2) is 4.62. The number of benzene rings is 1. The van der Waals surface area contributed by atoms with Gasteiger partial charge in [-0.1, -0.05) is 18.2 Å². The molecular weight excluding hydrogens is 214 g/mol. The molecular formula is C14H17NO2. The van der Waals surface area contributed by atoms with Crippen molar-refractivity contribution in [2.24, 2.45) is 0 Å². The fourth-order valence-electron chi connectivity index (χ4n) is 2.24. The van der Waals surface area contributed by atoms with Gasteiger partial charge < -0.3 is 9.72 Å². The van der Waals surface area contributed by atoms with Crippen LogP contribution < -0.4 is 0 Å². The van der Waals surface area contributed by atoms with E-state index in [-0.39, 0.29) is 11.9 Å². The van der Waals surface area contributed by atoms with Gasteiger partial charge in [-0.3, -0.25) is 4.79 Å². The average Bonchev–Trinajstić information content (AvgIpc) is 2.64. The summed E-state index contributed by atoms with van der Waals surface area (Å²) in [6, 6.07) is 8.02. The van der Waals surface area contributed by atoms with Crippen molar-refractivity contribution in [3.8, 4) is 0 Å². The molecule has 1 heterocycles. The molecule has 2 aromatic rings. The van der Waals surface area contributed by atoms with Crippen LogP contribution in [0.15, 0.2) is 24.3 Å². The fraction of sp³-hybridized carbons (Fsp3) is 0.357. The predicted octanol–water partition coefficient (Wildman–Crippen LogP) is 3.14. The molecule has 1 aromatic carbocycles. The van der Waals surface area contributed by atoms with Crippen molar-refractivity contribution in [1.29, 1.82) is 0 Å². The van der Waals surface area contributed by atoms with Gasteiger partial charge in [0.2, 0.25) is 0 Å². The van der Waals surface area contributed by atoms with E-state index in [1.54, 1.807) is 0 Å². The number of ether oxygens (including phenoxy) is 1. The molecule has 1 atom stereocenters. The van der Waals surface area contributed by atoms with E-state index in [9.17, 15) is 4.79 Å². The number of esters is 1. The lowest BCUT2D eigenvalue weighted by Crippen LogP contribution is -2.13. The first kappa shape index (κ1) is 11.7. The molecule has 3 nitrogen and oxygen atoms in total. The molecule has 1 unspecified atom stereocenters. The fourth-order valence-corrected chi connectivity index (χ4v) is 2.24. The summed E-state index contributed by atoms with van der Waals surface area (Å²) >= 11 is 0. The van der Waals surface area contributed by atoms with Crippen LogP contribution >= 0.6 is 0 Å². The predicted molar refractivity (Wildman–Crippen MR) is 68.1 cm³/mol. The monoisotopic (exact) mass is 231 g/mol. The number of aromatic amines is 1. The van der Waals surface area contributed by atoms with Crippen LogP contribution in [0.1, 0.15) is 31.0 Å². The summed E-state index contributed by atoms with van der Waals surface area (Å²) in [7, 11) is 0. The van der Waals surface area contributed by atoms with Crippen LogP contribution in [0.2, 0.25) is 0 Å². The van der Waals surface area contributed by atoms with Crippen LogP contribution in [0.4, 0.5) is 0 Å². The van der Waals surface area contributed by atoms with E-state index >= 15 is 0 Å². The Hall–Kier alpha value is -1.77. The quantitative estimate of drug-likeness (QED) is 0.824. The van der Waals surface area contributed by atoms with Gasteiger partial charge in [0.05, 0.1) is 12.5 Å². The summed E-state index contributed by atoms with van der Waals surface area (Å²) in [6.45, 7) is 6.13. The summed E-state index contributed by atoms with van der Waals surface area (Å²) in [5.41, 5.74) is 3.14. The minimum atomic E-state index is -0.230. The Morgan fingerprint density at radius 1 is 1.41 bits per heavy atom. The Kier molecular flexibility index (Phi) is 3.18. The number of fused-ring (bicyclic) bond motifs is 1. The van der Waals surface area contributed by atoms with Crippen molar-refractivity contribution in [3.05, 3.63) is 35.5 Å². The number of rotatable bonds is 3. The second-order valence-electron chi connectivity index (χ2n) is 4.18. The maximum absolute atomic E-state index is 11.8. The standard InChI is InChI=1S/C14H17NO2/c1-4-17-14(16)9(2)13-10(3)15-12-8-6-5-7-11(12)13/h5-9,15H,4H2,1-3H3. The summed E-state index contributed by atoms with van der Waals surface area (Å²) in [5, 5.41) is 1.10. The number of aryl methyl sites for hydroxylation is 1. The number of carbonyl (C=O) groups is 1. The molecule has 90 valence electrons. The minimum Gasteiger partial charge on any atom is -0.466 e. The van der Waals surface area contributed by atoms with E-state index in [4.69, 9.17) is 4.74 Å². The van der Waals surface area contributed by atoms with Crippen molar-refractivity contribution in [2.45, 2.75) is 26.7 Å². The number of H-pyrrole nitrogens is 1.